The zero-order valence-electron chi connectivity index (χ0n) is 42.0. The molecule has 1 aliphatic rings. The van der Waals surface area contributed by atoms with E-state index < -0.39 is 5.41 Å². The van der Waals surface area contributed by atoms with E-state index in [4.69, 9.17) is 4.74 Å². The summed E-state index contributed by atoms with van der Waals surface area (Å²) in [4.78, 5) is 19.3. The van der Waals surface area contributed by atoms with Gasteiger partial charge in [-0.15, -0.1) is 0 Å². The monoisotopic (exact) mass is 884 g/mol. The minimum Gasteiger partial charge on any atom is -0.460 e. The summed E-state index contributed by atoms with van der Waals surface area (Å²) in [5.41, 5.74) is 11.4. The molecule has 0 aliphatic heterocycles. The van der Waals surface area contributed by atoms with Gasteiger partial charge in [-0.3, -0.25) is 4.79 Å². The minimum absolute atomic E-state index is 0.0127. The molecular formula is C61H77N3O2. The van der Waals surface area contributed by atoms with Gasteiger partial charge in [0.15, 0.2) is 0 Å². The second-order valence-corrected chi connectivity index (χ2v) is 21.5. The van der Waals surface area contributed by atoms with Crippen LogP contribution in [0.15, 0.2) is 133 Å². The number of fused-ring (bicyclic) bond motifs is 1. The lowest BCUT2D eigenvalue weighted by atomic mass is 9.61. The Kier molecular flexibility index (Phi) is 15.1. The summed E-state index contributed by atoms with van der Waals surface area (Å²) in [6, 6.07) is 49.5. The molecule has 1 N–H and O–H groups in total. The molecule has 66 heavy (non-hydrogen) atoms. The SMILES string of the molecule is CCCN(c1ccc(C(c2ccc(N(CCC)c3ccccc3C)cc2)c2ccc(NC3CCCCC3OC(=O)C(C)(CC(C)(C)C)C(C)(C)C)c3ccccc23)cc1)c1ccccc1C. The quantitative estimate of drug-likeness (QED) is 0.0775. The molecule has 0 amide bonds. The largest absolute Gasteiger partial charge is 0.460 e. The van der Waals surface area contributed by atoms with Crippen molar-refractivity contribution in [3.63, 3.8) is 0 Å². The predicted molar refractivity (Wildman–Crippen MR) is 282 cm³/mol. The van der Waals surface area contributed by atoms with Gasteiger partial charge < -0.3 is 19.9 Å². The van der Waals surface area contributed by atoms with Crippen molar-refractivity contribution in [3.8, 4) is 0 Å². The third kappa shape index (κ3) is 10.7. The molecule has 5 heteroatoms. The highest BCUT2D eigenvalue weighted by molar-refractivity contribution is 5.97. The maximum absolute atomic E-state index is 14.4. The first-order valence-electron chi connectivity index (χ1n) is 24.9. The van der Waals surface area contributed by atoms with Gasteiger partial charge in [-0.2, -0.15) is 0 Å². The molecule has 6 aromatic rings. The summed E-state index contributed by atoms with van der Waals surface area (Å²) in [7, 11) is 0. The topological polar surface area (TPSA) is 44.8 Å². The summed E-state index contributed by atoms with van der Waals surface area (Å²) < 4.78 is 6.65. The van der Waals surface area contributed by atoms with Crippen molar-refractivity contribution in [2.45, 2.75) is 139 Å². The zero-order valence-corrected chi connectivity index (χ0v) is 42.0. The summed E-state index contributed by atoms with van der Waals surface area (Å²) in [6.07, 6.45) is 6.64. The van der Waals surface area contributed by atoms with E-state index in [1.54, 1.807) is 0 Å². The first kappa shape index (κ1) is 48.4. The van der Waals surface area contributed by atoms with Crippen molar-refractivity contribution < 1.29 is 9.53 Å². The molecule has 3 unspecified atom stereocenters. The Bertz CT molecular complexity index is 2450. The molecule has 1 saturated carbocycles. The van der Waals surface area contributed by atoms with E-state index in [0.29, 0.717) is 0 Å². The average molecular weight is 884 g/mol. The van der Waals surface area contributed by atoms with Gasteiger partial charge in [0, 0.05) is 52.8 Å². The Hall–Kier alpha value is -5.55. The molecule has 0 radical (unpaired) electrons. The zero-order chi connectivity index (χ0) is 47.2. The molecule has 3 atom stereocenters. The van der Waals surface area contributed by atoms with Gasteiger partial charge >= 0.3 is 5.97 Å². The molecule has 0 saturated heterocycles. The lowest BCUT2D eigenvalue weighted by Crippen LogP contribution is -2.48. The average Bonchev–Trinajstić information content (AvgIpc) is 3.29. The van der Waals surface area contributed by atoms with Crippen molar-refractivity contribution in [2.24, 2.45) is 16.2 Å². The Balaban J connectivity index is 1.28. The smallest absolute Gasteiger partial charge is 0.312 e. The van der Waals surface area contributed by atoms with Gasteiger partial charge in [0.25, 0.3) is 0 Å². The molecule has 7 rings (SSSR count). The van der Waals surface area contributed by atoms with Crippen LogP contribution in [0, 0.1) is 30.1 Å². The van der Waals surface area contributed by atoms with Crippen molar-refractivity contribution in [1.82, 2.24) is 0 Å². The highest BCUT2D eigenvalue weighted by atomic mass is 16.5. The first-order valence-corrected chi connectivity index (χ1v) is 24.9. The number of ether oxygens (including phenoxy) is 1. The first-order chi connectivity index (χ1) is 31.5. The van der Waals surface area contributed by atoms with Gasteiger partial charge in [-0.1, -0.05) is 153 Å². The van der Waals surface area contributed by atoms with E-state index in [1.165, 1.54) is 61.3 Å². The molecular weight excluding hydrogens is 807 g/mol. The summed E-state index contributed by atoms with van der Waals surface area (Å²) in [5.74, 6) is -0.0957. The van der Waals surface area contributed by atoms with Crippen LogP contribution < -0.4 is 15.1 Å². The van der Waals surface area contributed by atoms with Gasteiger partial charge in [-0.05, 0) is 146 Å². The van der Waals surface area contributed by atoms with Crippen LogP contribution in [0.25, 0.3) is 10.8 Å². The normalized spacial score (nSPS) is 16.5. The van der Waals surface area contributed by atoms with E-state index >= 15 is 0 Å². The molecule has 1 aliphatic carbocycles. The Labute approximate surface area is 398 Å². The fraction of sp³-hybridized carbons (Fsp3) is 0.426. The Morgan fingerprint density at radius 1 is 0.621 bits per heavy atom. The Morgan fingerprint density at radius 3 is 1.59 bits per heavy atom. The van der Waals surface area contributed by atoms with Crippen LogP contribution in [-0.2, 0) is 9.53 Å². The van der Waals surface area contributed by atoms with Crippen molar-refractivity contribution in [3.05, 3.63) is 161 Å². The predicted octanol–water partition coefficient (Wildman–Crippen LogP) is 16.5. The minimum atomic E-state index is -0.615. The second kappa shape index (κ2) is 20.5. The summed E-state index contributed by atoms with van der Waals surface area (Å²) in [5, 5.41) is 6.38. The van der Waals surface area contributed by atoms with E-state index in [9.17, 15) is 4.79 Å². The summed E-state index contributed by atoms with van der Waals surface area (Å²) >= 11 is 0. The van der Waals surface area contributed by atoms with Crippen molar-refractivity contribution in [1.29, 1.82) is 0 Å². The maximum Gasteiger partial charge on any atom is 0.312 e. The molecule has 0 spiro atoms. The number of benzene rings is 6. The number of para-hydroxylation sites is 2. The van der Waals surface area contributed by atoms with Crippen LogP contribution in [-0.4, -0.2) is 31.2 Å². The number of nitrogens with one attached hydrogen (secondary N) is 1. The molecule has 6 aromatic carbocycles. The van der Waals surface area contributed by atoms with Crippen LogP contribution >= 0.6 is 0 Å². The number of carbonyl (C=O) groups excluding carboxylic acids is 1. The highest BCUT2D eigenvalue weighted by Gasteiger charge is 2.49. The molecule has 348 valence electrons. The lowest BCUT2D eigenvalue weighted by molar-refractivity contribution is -0.172. The lowest BCUT2D eigenvalue weighted by Gasteiger charge is -2.45. The van der Waals surface area contributed by atoms with Crippen LogP contribution in [0.1, 0.15) is 141 Å². The third-order valence-corrected chi connectivity index (χ3v) is 14.3. The third-order valence-electron chi connectivity index (χ3n) is 14.3. The van der Waals surface area contributed by atoms with Gasteiger partial charge in [0.1, 0.15) is 6.10 Å². The molecule has 0 bridgehead atoms. The standard InChI is InChI=1S/C61H77N3O2/c1-12-40-63(54-27-19-14-22-43(54)3)47-34-30-45(31-35-47)57(46-32-36-48(37-33-46)64(41-13-2)55-28-20-15-23-44(55)4)51-38-39-52(50-25-17-16-24-49(50)51)62-53-26-18-21-29-56(53)66-58(65)61(11,60(8,9)10)42-59(5,6)7/h14-17,19-20,22-25,27-28,30-39,53,56-57,62H,12-13,18,21,26,29,40-42H2,1-11H3. The van der Waals surface area contributed by atoms with Gasteiger partial charge in [0.05, 0.1) is 11.5 Å². The highest BCUT2D eigenvalue weighted by Crippen LogP contribution is 2.48. The molecule has 0 aromatic heterocycles. The number of anilines is 5. The van der Waals surface area contributed by atoms with E-state index in [-0.39, 0.29) is 34.9 Å². The number of hydrogen-bond acceptors (Lipinski definition) is 5. The van der Waals surface area contributed by atoms with E-state index in [2.05, 4.69) is 225 Å². The Morgan fingerprint density at radius 2 is 1.11 bits per heavy atom. The maximum atomic E-state index is 14.4. The second-order valence-electron chi connectivity index (χ2n) is 21.5. The number of nitrogens with zero attached hydrogens (tertiary/aromatic N) is 2. The summed E-state index contributed by atoms with van der Waals surface area (Å²) in [6.45, 7) is 26.1. The van der Waals surface area contributed by atoms with Crippen LogP contribution in [0.5, 0.6) is 0 Å². The molecule has 5 nitrogen and oxygen atoms in total. The number of aryl methyl sites for hydroxylation is 2. The van der Waals surface area contributed by atoms with Gasteiger partial charge in [0.2, 0.25) is 0 Å². The van der Waals surface area contributed by atoms with Crippen molar-refractivity contribution in [2.75, 3.05) is 28.2 Å². The van der Waals surface area contributed by atoms with Crippen molar-refractivity contribution >= 4 is 45.2 Å². The van der Waals surface area contributed by atoms with Crippen LogP contribution in [0.3, 0.4) is 0 Å². The fourth-order valence-corrected chi connectivity index (χ4v) is 10.5. The van der Waals surface area contributed by atoms with Gasteiger partial charge in [-0.25, -0.2) is 0 Å². The molecule has 0 heterocycles. The van der Waals surface area contributed by atoms with Crippen LogP contribution in [0.4, 0.5) is 28.4 Å². The number of esters is 1. The van der Waals surface area contributed by atoms with E-state index in [0.717, 1.165) is 63.7 Å². The fourth-order valence-electron chi connectivity index (χ4n) is 10.5. The molecule has 1 fully saturated rings. The number of hydrogen-bond donors (Lipinski definition) is 1. The van der Waals surface area contributed by atoms with E-state index in [1.807, 2.05) is 0 Å². The number of rotatable bonds is 16. The number of carbonyl (C=O) groups is 1. The van der Waals surface area contributed by atoms with Crippen LogP contribution in [0.2, 0.25) is 0 Å².